The van der Waals surface area contributed by atoms with Gasteiger partial charge in [0.15, 0.2) is 0 Å². The molecule has 0 fully saturated rings. The van der Waals surface area contributed by atoms with Crippen LogP contribution in [0.25, 0.3) is 0 Å². The van der Waals surface area contributed by atoms with E-state index in [1.165, 1.54) is 18.4 Å². The fourth-order valence-electron chi connectivity index (χ4n) is 1.77. The Morgan fingerprint density at radius 2 is 2.00 bits per heavy atom. The lowest BCUT2D eigenvalue weighted by atomic mass is 10.2. The fraction of sp³-hybridized carbons (Fsp3) is 0.214. The Morgan fingerprint density at radius 1 is 1.29 bits per heavy atom. The molecule has 2 N–H and O–H groups in total. The number of halogens is 1. The molecule has 2 aromatic rings. The number of methoxy groups -OCH3 is 2. The number of hydrogen-bond donors (Lipinski definition) is 2. The van der Waals surface area contributed by atoms with Crippen molar-refractivity contribution >= 4 is 34.6 Å². The summed E-state index contributed by atoms with van der Waals surface area (Å²) in [4.78, 5) is 12.1. The number of nitrogens with one attached hydrogen (secondary N) is 1. The van der Waals surface area contributed by atoms with Crippen molar-refractivity contribution in [3.8, 4) is 11.5 Å². The van der Waals surface area contributed by atoms with Gasteiger partial charge in [0.2, 0.25) is 0 Å². The maximum atomic E-state index is 10.8. The van der Waals surface area contributed by atoms with Gasteiger partial charge in [-0.15, -0.1) is 11.3 Å². The Labute approximate surface area is 131 Å². The third-order valence-corrected chi connectivity index (χ3v) is 4.17. The van der Waals surface area contributed by atoms with Crippen LogP contribution in [0, 0.1) is 0 Å². The molecule has 0 aliphatic heterocycles. The molecule has 2 rings (SSSR count). The summed E-state index contributed by atoms with van der Waals surface area (Å²) in [6, 6.07) is 6.77. The van der Waals surface area contributed by atoms with Crippen molar-refractivity contribution in [1.29, 1.82) is 0 Å². The summed E-state index contributed by atoms with van der Waals surface area (Å²) in [5.74, 6) is 0.214. The van der Waals surface area contributed by atoms with Crippen LogP contribution < -0.4 is 14.8 Å². The van der Waals surface area contributed by atoms with Crippen molar-refractivity contribution < 1.29 is 19.4 Å². The molecule has 0 bridgehead atoms. The van der Waals surface area contributed by atoms with Gasteiger partial charge in [0.05, 0.1) is 24.9 Å². The molecule has 0 aliphatic carbocycles. The van der Waals surface area contributed by atoms with Gasteiger partial charge in [-0.05, 0) is 18.2 Å². The molecule has 0 saturated carbocycles. The highest BCUT2D eigenvalue weighted by atomic mass is 35.5. The van der Waals surface area contributed by atoms with Crippen molar-refractivity contribution in [1.82, 2.24) is 0 Å². The van der Waals surface area contributed by atoms with Crippen LogP contribution in [0.5, 0.6) is 11.5 Å². The van der Waals surface area contributed by atoms with Crippen molar-refractivity contribution in [3.63, 3.8) is 0 Å². The van der Waals surface area contributed by atoms with Crippen LogP contribution in [0.1, 0.15) is 14.5 Å². The van der Waals surface area contributed by atoms with Crippen LogP contribution in [0.2, 0.25) is 5.02 Å². The van der Waals surface area contributed by atoms with Crippen molar-refractivity contribution in [3.05, 3.63) is 39.0 Å². The maximum Gasteiger partial charge on any atom is 0.345 e. The van der Waals surface area contributed by atoms with Gasteiger partial charge in [-0.1, -0.05) is 11.6 Å². The average molecular weight is 328 g/mol. The summed E-state index contributed by atoms with van der Waals surface area (Å²) >= 11 is 7.32. The minimum absolute atomic E-state index is 0.312. The summed E-state index contributed by atoms with van der Waals surface area (Å²) in [7, 11) is 3.09. The normalized spacial score (nSPS) is 10.2. The van der Waals surface area contributed by atoms with E-state index >= 15 is 0 Å². The van der Waals surface area contributed by atoms with Crippen molar-refractivity contribution in [2.45, 2.75) is 6.54 Å². The molecule has 0 aliphatic rings. The molecule has 1 aromatic heterocycles. The van der Waals surface area contributed by atoms with Crippen molar-refractivity contribution in [2.24, 2.45) is 0 Å². The second kappa shape index (κ2) is 6.69. The molecule has 0 saturated heterocycles. The van der Waals surface area contributed by atoms with Gasteiger partial charge in [-0.25, -0.2) is 4.79 Å². The smallest absolute Gasteiger partial charge is 0.345 e. The highest BCUT2D eigenvalue weighted by molar-refractivity contribution is 7.13. The first-order valence-corrected chi connectivity index (χ1v) is 7.22. The number of carboxylic acids is 1. The highest BCUT2D eigenvalue weighted by Gasteiger charge is 2.11. The Bertz CT molecular complexity index is 656. The zero-order valence-corrected chi connectivity index (χ0v) is 13.0. The molecule has 7 heteroatoms. The first-order chi connectivity index (χ1) is 10.0. The van der Waals surface area contributed by atoms with E-state index < -0.39 is 5.97 Å². The number of hydrogen-bond acceptors (Lipinski definition) is 5. The number of thiophene rings is 1. The lowest BCUT2D eigenvalue weighted by Crippen LogP contribution is -2.00. The molecule has 1 heterocycles. The summed E-state index contributed by atoms with van der Waals surface area (Å²) in [5.41, 5.74) is 0.716. The first kappa shape index (κ1) is 15.5. The average Bonchev–Trinajstić information content (AvgIpc) is 2.94. The van der Waals surface area contributed by atoms with Crippen molar-refractivity contribution in [2.75, 3.05) is 19.5 Å². The van der Waals surface area contributed by atoms with Crippen LogP contribution in [-0.2, 0) is 6.54 Å². The summed E-state index contributed by atoms with van der Waals surface area (Å²) in [6.07, 6.45) is 0. The quantitative estimate of drug-likeness (QED) is 0.846. The van der Waals surface area contributed by atoms with E-state index in [0.717, 1.165) is 4.88 Å². The number of rotatable bonds is 6. The maximum absolute atomic E-state index is 10.8. The second-order valence-corrected chi connectivity index (χ2v) is 5.69. The third kappa shape index (κ3) is 3.59. The van der Waals surface area contributed by atoms with Gasteiger partial charge in [0, 0.05) is 17.5 Å². The Kier molecular flexibility index (Phi) is 4.93. The Morgan fingerprint density at radius 3 is 2.57 bits per heavy atom. The molecule has 0 unspecified atom stereocenters. The fourth-order valence-corrected chi connectivity index (χ4v) is 2.80. The number of carbonyl (C=O) groups is 1. The van der Waals surface area contributed by atoms with Crippen LogP contribution in [0.4, 0.5) is 5.69 Å². The van der Waals surface area contributed by atoms with Crippen LogP contribution >= 0.6 is 22.9 Å². The minimum atomic E-state index is -0.920. The summed E-state index contributed by atoms with van der Waals surface area (Å²) in [5, 5.41) is 12.5. The molecular weight excluding hydrogens is 314 g/mol. The summed E-state index contributed by atoms with van der Waals surface area (Å²) < 4.78 is 10.4. The number of carboxylic acid groups (broad SMARTS) is 1. The molecule has 1 aromatic carbocycles. The molecule has 0 amide bonds. The zero-order chi connectivity index (χ0) is 15.4. The van der Waals surface area contributed by atoms with Crippen LogP contribution in [0.15, 0.2) is 24.3 Å². The van der Waals surface area contributed by atoms with E-state index in [4.69, 9.17) is 26.2 Å². The minimum Gasteiger partial charge on any atom is -0.495 e. The standard InChI is InChI=1S/C14H14ClNO4S/c1-19-11-6-12(20-2)10(5-9(11)15)16-7-8-3-4-13(21-8)14(17)18/h3-6,16H,7H2,1-2H3,(H,17,18). The molecule has 0 atom stereocenters. The SMILES string of the molecule is COc1cc(OC)c(NCc2ccc(C(=O)O)s2)cc1Cl. The molecule has 5 nitrogen and oxygen atoms in total. The molecule has 0 radical (unpaired) electrons. The van der Waals surface area contributed by atoms with Gasteiger partial charge < -0.3 is 19.9 Å². The molecule has 0 spiro atoms. The van der Waals surface area contributed by atoms with Gasteiger partial charge in [0.1, 0.15) is 16.4 Å². The third-order valence-electron chi connectivity index (χ3n) is 2.80. The van der Waals surface area contributed by atoms with E-state index in [-0.39, 0.29) is 0 Å². The molecular formula is C14H14ClNO4S. The van der Waals surface area contributed by atoms with E-state index in [1.54, 1.807) is 31.4 Å². The van der Waals surface area contributed by atoms with E-state index in [1.807, 2.05) is 0 Å². The predicted molar refractivity (Wildman–Crippen MR) is 83.2 cm³/mol. The zero-order valence-electron chi connectivity index (χ0n) is 11.5. The predicted octanol–water partition coefficient (Wildman–Crippen LogP) is 3.73. The number of ether oxygens (including phenoxy) is 2. The van der Waals surface area contributed by atoms with E-state index in [0.29, 0.717) is 33.6 Å². The number of aromatic carboxylic acids is 1. The van der Waals surface area contributed by atoms with Gasteiger partial charge in [-0.2, -0.15) is 0 Å². The number of anilines is 1. The first-order valence-electron chi connectivity index (χ1n) is 6.02. The van der Waals surface area contributed by atoms with Crippen LogP contribution in [0.3, 0.4) is 0 Å². The number of benzene rings is 1. The van der Waals surface area contributed by atoms with Crippen LogP contribution in [-0.4, -0.2) is 25.3 Å². The van der Waals surface area contributed by atoms with Gasteiger partial charge >= 0.3 is 5.97 Å². The monoisotopic (exact) mass is 327 g/mol. The Hall–Kier alpha value is -1.92. The second-order valence-electron chi connectivity index (χ2n) is 4.11. The summed E-state index contributed by atoms with van der Waals surface area (Å²) in [6.45, 7) is 0.483. The van der Waals surface area contributed by atoms with E-state index in [2.05, 4.69) is 5.32 Å². The molecule has 21 heavy (non-hydrogen) atoms. The lowest BCUT2D eigenvalue weighted by Gasteiger charge is -2.13. The van der Waals surface area contributed by atoms with E-state index in [9.17, 15) is 4.79 Å². The lowest BCUT2D eigenvalue weighted by molar-refractivity contribution is 0.0702. The molecule has 112 valence electrons. The van der Waals surface area contributed by atoms with Gasteiger partial charge in [0.25, 0.3) is 0 Å². The largest absolute Gasteiger partial charge is 0.495 e. The van der Waals surface area contributed by atoms with Gasteiger partial charge in [-0.3, -0.25) is 0 Å². The topological polar surface area (TPSA) is 67.8 Å². The Balaban J connectivity index is 2.15. The highest BCUT2D eigenvalue weighted by Crippen LogP contribution is 2.36.